The van der Waals surface area contributed by atoms with Gasteiger partial charge in [-0.25, -0.2) is 14.8 Å². The number of methoxy groups -OCH3 is 1. The second kappa shape index (κ2) is 7.71. The standard InChI is InChI=1S/C14H23N3O2/c1-10(2)7-5-6-8-15-13-12(14(18)19-4)9-16-11(3)17-13/h9-10H,5-8H2,1-4H3,(H,15,16,17). The number of ether oxygens (including phenoxy) is 1. The third kappa shape index (κ3) is 5.24. The number of esters is 1. The maximum absolute atomic E-state index is 11.6. The third-order valence-corrected chi connectivity index (χ3v) is 2.82. The normalized spacial score (nSPS) is 10.6. The molecule has 1 aromatic rings. The van der Waals surface area contributed by atoms with Crippen LogP contribution in [0, 0.1) is 12.8 Å². The van der Waals surface area contributed by atoms with E-state index in [4.69, 9.17) is 4.74 Å². The Kier molecular flexibility index (Phi) is 6.25. The van der Waals surface area contributed by atoms with E-state index in [-0.39, 0.29) is 0 Å². The summed E-state index contributed by atoms with van der Waals surface area (Å²) in [7, 11) is 1.36. The molecule has 106 valence electrons. The highest BCUT2D eigenvalue weighted by atomic mass is 16.5. The van der Waals surface area contributed by atoms with E-state index in [1.807, 2.05) is 0 Å². The fourth-order valence-electron chi connectivity index (χ4n) is 1.75. The molecule has 0 aliphatic rings. The molecule has 1 rings (SSSR count). The van der Waals surface area contributed by atoms with Crippen LogP contribution < -0.4 is 5.32 Å². The molecule has 0 aliphatic carbocycles. The van der Waals surface area contributed by atoms with Crippen LogP contribution in [0.15, 0.2) is 6.20 Å². The first-order valence-electron chi connectivity index (χ1n) is 6.70. The van der Waals surface area contributed by atoms with Crippen LogP contribution in [0.4, 0.5) is 5.82 Å². The number of aryl methyl sites for hydroxylation is 1. The zero-order chi connectivity index (χ0) is 14.3. The molecular weight excluding hydrogens is 242 g/mol. The van der Waals surface area contributed by atoms with E-state index in [1.54, 1.807) is 6.92 Å². The van der Waals surface area contributed by atoms with Crippen LogP contribution in [-0.4, -0.2) is 29.6 Å². The van der Waals surface area contributed by atoms with Crippen molar-refractivity contribution in [3.05, 3.63) is 17.6 Å². The summed E-state index contributed by atoms with van der Waals surface area (Å²) in [5, 5.41) is 3.19. The second-order valence-electron chi connectivity index (χ2n) is 4.99. The van der Waals surface area contributed by atoms with Crippen molar-refractivity contribution in [1.82, 2.24) is 9.97 Å². The average Bonchev–Trinajstić information content (AvgIpc) is 2.37. The van der Waals surface area contributed by atoms with E-state index in [0.29, 0.717) is 17.2 Å². The van der Waals surface area contributed by atoms with Gasteiger partial charge in [-0.15, -0.1) is 0 Å². The molecule has 0 atom stereocenters. The second-order valence-corrected chi connectivity index (χ2v) is 4.99. The van der Waals surface area contributed by atoms with E-state index in [0.717, 1.165) is 18.9 Å². The van der Waals surface area contributed by atoms with Gasteiger partial charge in [-0.2, -0.15) is 0 Å². The highest BCUT2D eigenvalue weighted by molar-refractivity contribution is 5.94. The summed E-state index contributed by atoms with van der Waals surface area (Å²) in [6, 6.07) is 0. The van der Waals surface area contributed by atoms with Crippen molar-refractivity contribution in [3.8, 4) is 0 Å². The minimum Gasteiger partial charge on any atom is -0.465 e. The first-order chi connectivity index (χ1) is 9.04. The lowest BCUT2D eigenvalue weighted by atomic mass is 10.1. The van der Waals surface area contributed by atoms with Gasteiger partial charge >= 0.3 is 5.97 Å². The molecule has 1 aromatic heterocycles. The highest BCUT2D eigenvalue weighted by Gasteiger charge is 2.13. The van der Waals surface area contributed by atoms with Gasteiger partial charge in [-0.05, 0) is 19.3 Å². The van der Waals surface area contributed by atoms with Crippen molar-refractivity contribution in [1.29, 1.82) is 0 Å². The fraction of sp³-hybridized carbons (Fsp3) is 0.643. The van der Waals surface area contributed by atoms with Crippen molar-refractivity contribution in [3.63, 3.8) is 0 Å². The summed E-state index contributed by atoms with van der Waals surface area (Å²) in [5.74, 6) is 1.51. The SMILES string of the molecule is COC(=O)c1cnc(C)nc1NCCCCC(C)C. The van der Waals surface area contributed by atoms with Gasteiger partial charge in [0.1, 0.15) is 17.2 Å². The minimum absolute atomic E-state index is 0.386. The van der Waals surface area contributed by atoms with E-state index < -0.39 is 5.97 Å². The van der Waals surface area contributed by atoms with Gasteiger partial charge in [-0.3, -0.25) is 0 Å². The number of unbranched alkanes of at least 4 members (excludes halogenated alkanes) is 1. The summed E-state index contributed by atoms with van der Waals surface area (Å²) in [6.45, 7) is 7.03. The van der Waals surface area contributed by atoms with E-state index in [9.17, 15) is 4.79 Å². The molecule has 0 unspecified atom stereocenters. The van der Waals surface area contributed by atoms with Gasteiger partial charge in [0.25, 0.3) is 0 Å². The minimum atomic E-state index is -0.412. The Balaban J connectivity index is 2.56. The van der Waals surface area contributed by atoms with Crippen molar-refractivity contribution in [2.75, 3.05) is 19.0 Å². The van der Waals surface area contributed by atoms with Gasteiger partial charge in [0.05, 0.1) is 7.11 Å². The number of nitrogens with zero attached hydrogens (tertiary/aromatic N) is 2. The molecule has 0 radical (unpaired) electrons. The van der Waals surface area contributed by atoms with Gasteiger partial charge in [0, 0.05) is 12.7 Å². The largest absolute Gasteiger partial charge is 0.465 e. The molecule has 0 fully saturated rings. The molecule has 5 nitrogen and oxygen atoms in total. The molecule has 0 amide bonds. The summed E-state index contributed by atoms with van der Waals surface area (Å²) >= 11 is 0. The number of aromatic nitrogens is 2. The number of carbonyl (C=O) groups is 1. The van der Waals surface area contributed by atoms with Crippen molar-refractivity contribution in [2.24, 2.45) is 5.92 Å². The molecule has 0 aromatic carbocycles. The average molecular weight is 265 g/mol. The lowest BCUT2D eigenvalue weighted by Crippen LogP contribution is -2.12. The quantitative estimate of drug-likeness (QED) is 0.606. The number of hydrogen-bond acceptors (Lipinski definition) is 5. The summed E-state index contributed by atoms with van der Waals surface area (Å²) in [4.78, 5) is 19.9. The summed E-state index contributed by atoms with van der Waals surface area (Å²) < 4.78 is 4.72. The van der Waals surface area contributed by atoms with Crippen LogP contribution in [0.3, 0.4) is 0 Å². The lowest BCUT2D eigenvalue weighted by Gasteiger charge is -2.10. The Morgan fingerprint density at radius 2 is 2.16 bits per heavy atom. The Labute approximate surface area is 114 Å². The number of nitrogens with one attached hydrogen (secondary N) is 1. The number of rotatable bonds is 7. The Morgan fingerprint density at radius 1 is 1.42 bits per heavy atom. The van der Waals surface area contributed by atoms with Crippen molar-refractivity contribution >= 4 is 11.8 Å². The monoisotopic (exact) mass is 265 g/mol. The zero-order valence-corrected chi connectivity index (χ0v) is 12.2. The molecule has 0 aliphatic heterocycles. The molecule has 19 heavy (non-hydrogen) atoms. The molecule has 0 saturated heterocycles. The topological polar surface area (TPSA) is 64.1 Å². The van der Waals surface area contributed by atoms with E-state index in [1.165, 1.54) is 26.1 Å². The first-order valence-corrected chi connectivity index (χ1v) is 6.70. The number of carbonyl (C=O) groups excluding carboxylic acids is 1. The van der Waals surface area contributed by atoms with E-state index in [2.05, 4.69) is 29.1 Å². The van der Waals surface area contributed by atoms with Crippen molar-refractivity contribution < 1.29 is 9.53 Å². The molecule has 1 N–H and O–H groups in total. The smallest absolute Gasteiger partial charge is 0.343 e. The first kappa shape index (κ1) is 15.4. The van der Waals surface area contributed by atoms with Crippen LogP contribution in [-0.2, 0) is 4.74 Å². The summed E-state index contributed by atoms with van der Waals surface area (Å²) in [6.07, 6.45) is 4.95. The van der Waals surface area contributed by atoms with Gasteiger partial charge in [0.2, 0.25) is 0 Å². The zero-order valence-electron chi connectivity index (χ0n) is 12.2. The lowest BCUT2D eigenvalue weighted by molar-refractivity contribution is 0.0601. The molecule has 0 bridgehead atoms. The van der Waals surface area contributed by atoms with Crippen LogP contribution >= 0.6 is 0 Å². The van der Waals surface area contributed by atoms with Gasteiger partial charge in [-0.1, -0.05) is 26.7 Å². The number of anilines is 1. The Morgan fingerprint density at radius 3 is 2.79 bits per heavy atom. The van der Waals surface area contributed by atoms with E-state index >= 15 is 0 Å². The molecule has 0 saturated carbocycles. The Hall–Kier alpha value is -1.65. The van der Waals surface area contributed by atoms with Gasteiger partial charge < -0.3 is 10.1 Å². The van der Waals surface area contributed by atoms with Crippen LogP contribution in [0.5, 0.6) is 0 Å². The maximum atomic E-state index is 11.6. The maximum Gasteiger partial charge on any atom is 0.343 e. The van der Waals surface area contributed by atoms with Gasteiger partial charge in [0.15, 0.2) is 0 Å². The van der Waals surface area contributed by atoms with Crippen LogP contribution in [0.25, 0.3) is 0 Å². The highest BCUT2D eigenvalue weighted by Crippen LogP contribution is 2.13. The van der Waals surface area contributed by atoms with Crippen LogP contribution in [0.2, 0.25) is 0 Å². The predicted molar refractivity (Wildman–Crippen MR) is 75.3 cm³/mol. The molecule has 1 heterocycles. The Bertz CT molecular complexity index is 419. The molecular formula is C14H23N3O2. The fourth-order valence-corrected chi connectivity index (χ4v) is 1.75. The van der Waals surface area contributed by atoms with Crippen molar-refractivity contribution in [2.45, 2.75) is 40.0 Å². The summed E-state index contributed by atoms with van der Waals surface area (Å²) in [5.41, 5.74) is 0.386. The third-order valence-electron chi connectivity index (χ3n) is 2.82. The number of hydrogen-bond donors (Lipinski definition) is 1. The molecule has 5 heteroatoms. The van der Waals surface area contributed by atoms with Crippen LogP contribution in [0.1, 0.15) is 49.3 Å². The predicted octanol–water partition coefficient (Wildman–Crippen LogP) is 2.81. The molecule has 0 spiro atoms.